The van der Waals surface area contributed by atoms with Gasteiger partial charge in [-0.3, -0.25) is 4.79 Å². The van der Waals surface area contributed by atoms with Crippen LogP contribution in [0.4, 0.5) is 4.79 Å². The van der Waals surface area contributed by atoms with Crippen LogP contribution in [-0.2, 0) is 25.7 Å². The summed E-state index contributed by atoms with van der Waals surface area (Å²) in [6.07, 6.45) is 0.515. The fourth-order valence-electron chi connectivity index (χ4n) is 2.08. The van der Waals surface area contributed by atoms with E-state index >= 15 is 0 Å². The predicted molar refractivity (Wildman–Crippen MR) is 76.5 cm³/mol. The van der Waals surface area contributed by atoms with Gasteiger partial charge in [0.25, 0.3) is 0 Å². The Morgan fingerprint density at radius 3 is 2.68 bits per heavy atom. The van der Waals surface area contributed by atoms with Crippen LogP contribution >= 0.6 is 0 Å². The normalized spacial score (nSPS) is 18.5. The van der Waals surface area contributed by atoms with E-state index in [2.05, 4.69) is 10.1 Å². The van der Waals surface area contributed by atoms with Crippen molar-refractivity contribution >= 4 is 18.0 Å². The first-order chi connectivity index (χ1) is 10.6. The minimum absolute atomic E-state index is 0.179. The summed E-state index contributed by atoms with van der Waals surface area (Å²) in [5, 5.41) is 2.39. The number of carbonyl (C=O) groups excluding carboxylic acids is 3. The number of ether oxygens (including phenoxy) is 2. The zero-order valence-corrected chi connectivity index (χ0v) is 12.0. The summed E-state index contributed by atoms with van der Waals surface area (Å²) in [7, 11) is 0. The number of rotatable bonds is 7. The van der Waals surface area contributed by atoms with Gasteiger partial charge < -0.3 is 20.5 Å². The molecule has 118 valence electrons. The topological polar surface area (TPSA) is 108 Å². The second-order valence-corrected chi connectivity index (χ2v) is 5.04. The second kappa shape index (κ2) is 7.56. The molecule has 1 aromatic carbocycles. The van der Waals surface area contributed by atoms with E-state index in [-0.39, 0.29) is 6.61 Å². The third-order valence-electron chi connectivity index (χ3n) is 3.30. The van der Waals surface area contributed by atoms with Crippen molar-refractivity contribution in [3.63, 3.8) is 0 Å². The SMILES string of the molecule is NC(CCC[C@@H]1NC(=O)OC1=O)C(=O)OCc1ccccc1. The molecule has 1 aliphatic heterocycles. The van der Waals surface area contributed by atoms with Crippen LogP contribution in [0.25, 0.3) is 0 Å². The lowest BCUT2D eigenvalue weighted by atomic mass is 10.1. The van der Waals surface area contributed by atoms with Crippen LogP contribution < -0.4 is 11.1 Å². The van der Waals surface area contributed by atoms with E-state index in [0.717, 1.165) is 5.56 Å². The quantitative estimate of drug-likeness (QED) is 0.571. The molecule has 1 fully saturated rings. The minimum atomic E-state index is -0.753. The first-order valence-corrected chi connectivity index (χ1v) is 7.04. The first kappa shape index (κ1) is 16.0. The summed E-state index contributed by atoms with van der Waals surface area (Å²) in [6.45, 7) is 0.179. The van der Waals surface area contributed by atoms with Crippen molar-refractivity contribution in [1.82, 2.24) is 5.32 Å². The summed E-state index contributed by atoms with van der Waals surface area (Å²) < 4.78 is 9.48. The predicted octanol–water partition coefficient (Wildman–Crippen LogP) is 0.862. The lowest BCUT2D eigenvalue weighted by molar-refractivity contribution is -0.146. The summed E-state index contributed by atoms with van der Waals surface area (Å²) in [5.74, 6) is -1.08. The number of amides is 1. The van der Waals surface area contributed by atoms with E-state index in [4.69, 9.17) is 10.5 Å². The Morgan fingerprint density at radius 2 is 2.05 bits per heavy atom. The lowest BCUT2D eigenvalue weighted by Crippen LogP contribution is -2.33. The maximum absolute atomic E-state index is 11.8. The fraction of sp³-hybridized carbons (Fsp3) is 0.400. The molecule has 0 aromatic heterocycles. The van der Waals surface area contributed by atoms with Gasteiger partial charge in [0.1, 0.15) is 18.7 Å². The molecule has 0 bridgehead atoms. The Hall–Kier alpha value is -2.41. The van der Waals surface area contributed by atoms with Gasteiger partial charge in [-0.05, 0) is 24.8 Å². The fourth-order valence-corrected chi connectivity index (χ4v) is 2.08. The molecule has 0 spiro atoms. The van der Waals surface area contributed by atoms with E-state index in [1.807, 2.05) is 30.3 Å². The highest BCUT2D eigenvalue weighted by Gasteiger charge is 2.31. The Morgan fingerprint density at radius 1 is 1.32 bits per heavy atom. The van der Waals surface area contributed by atoms with E-state index in [1.165, 1.54) is 0 Å². The van der Waals surface area contributed by atoms with Crippen LogP contribution in [0.1, 0.15) is 24.8 Å². The molecule has 1 heterocycles. The van der Waals surface area contributed by atoms with Crippen LogP contribution in [-0.4, -0.2) is 30.1 Å². The summed E-state index contributed by atoms with van der Waals surface area (Å²) in [6, 6.07) is 7.90. The Balaban J connectivity index is 1.66. The Labute approximate surface area is 127 Å². The first-order valence-electron chi connectivity index (χ1n) is 7.04. The molecule has 7 heteroatoms. The molecule has 0 aliphatic carbocycles. The molecule has 1 saturated heterocycles. The standard InChI is InChI=1S/C15H18N2O5/c16-11(7-4-8-12-14(19)22-15(20)17-12)13(18)21-9-10-5-2-1-3-6-10/h1-3,5-6,11-12H,4,7-9,16H2,(H,17,20)/t11?,12-/m0/s1. The number of nitrogens with two attached hydrogens (primary N) is 1. The minimum Gasteiger partial charge on any atom is -0.460 e. The van der Waals surface area contributed by atoms with Gasteiger partial charge in [-0.1, -0.05) is 30.3 Å². The number of carbonyl (C=O) groups is 3. The second-order valence-electron chi connectivity index (χ2n) is 5.04. The van der Waals surface area contributed by atoms with E-state index in [9.17, 15) is 14.4 Å². The molecule has 22 heavy (non-hydrogen) atoms. The molecule has 1 unspecified atom stereocenters. The van der Waals surface area contributed by atoms with Crippen LogP contribution in [0.5, 0.6) is 0 Å². The van der Waals surface area contributed by atoms with Crippen LogP contribution in [0, 0.1) is 0 Å². The van der Waals surface area contributed by atoms with Crippen molar-refractivity contribution in [2.24, 2.45) is 5.73 Å². The largest absolute Gasteiger partial charge is 0.460 e. The number of alkyl carbamates (subject to hydrolysis) is 1. The molecular formula is C15H18N2O5. The molecule has 7 nitrogen and oxygen atoms in total. The van der Waals surface area contributed by atoms with Crippen molar-refractivity contribution in [2.75, 3.05) is 0 Å². The highest BCUT2D eigenvalue weighted by atomic mass is 16.6. The molecule has 2 atom stereocenters. The van der Waals surface area contributed by atoms with Crippen LogP contribution in [0.2, 0.25) is 0 Å². The Bertz CT molecular complexity index is 546. The summed E-state index contributed by atoms with van der Waals surface area (Å²) in [4.78, 5) is 33.8. The highest BCUT2D eigenvalue weighted by Crippen LogP contribution is 2.10. The van der Waals surface area contributed by atoms with Crippen molar-refractivity contribution < 1.29 is 23.9 Å². The van der Waals surface area contributed by atoms with Crippen molar-refractivity contribution in [2.45, 2.75) is 38.0 Å². The van der Waals surface area contributed by atoms with Gasteiger partial charge in [0.05, 0.1) is 0 Å². The van der Waals surface area contributed by atoms with Crippen LogP contribution in [0.15, 0.2) is 30.3 Å². The molecule has 1 amide bonds. The molecule has 2 rings (SSSR count). The van der Waals surface area contributed by atoms with Crippen molar-refractivity contribution in [3.8, 4) is 0 Å². The third-order valence-corrected chi connectivity index (χ3v) is 3.30. The average molecular weight is 306 g/mol. The van der Waals surface area contributed by atoms with Gasteiger partial charge in [0.15, 0.2) is 0 Å². The number of hydrogen-bond acceptors (Lipinski definition) is 6. The van der Waals surface area contributed by atoms with E-state index in [0.29, 0.717) is 19.3 Å². The zero-order chi connectivity index (χ0) is 15.9. The summed E-state index contributed by atoms with van der Waals surface area (Å²) >= 11 is 0. The molecule has 1 aromatic rings. The van der Waals surface area contributed by atoms with Gasteiger partial charge in [0, 0.05) is 0 Å². The summed E-state index contributed by atoms with van der Waals surface area (Å²) in [5.41, 5.74) is 6.64. The Kier molecular flexibility index (Phi) is 5.48. The number of benzene rings is 1. The maximum atomic E-state index is 11.8. The third kappa shape index (κ3) is 4.56. The lowest BCUT2D eigenvalue weighted by Gasteiger charge is -2.12. The van der Waals surface area contributed by atoms with Gasteiger partial charge in [-0.25, -0.2) is 9.59 Å². The van der Waals surface area contributed by atoms with Crippen molar-refractivity contribution in [1.29, 1.82) is 0 Å². The number of esters is 2. The smallest absolute Gasteiger partial charge is 0.415 e. The van der Waals surface area contributed by atoms with Crippen molar-refractivity contribution in [3.05, 3.63) is 35.9 Å². The zero-order valence-electron chi connectivity index (χ0n) is 12.0. The van der Waals surface area contributed by atoms with Gasteiger partial charge in [-0.2, -0.15) is 0 Å². The average Bonchev–Trinajstić information content (AvgIpc) is 2.83. The number of cyclic esters (lactones) is 2. The maximum Gasteiger partial charge on any atom is 0.415 e. The number of hydrogen-bond donors (Lipinski definition) is 2. The van der Waals surface area contributed by atoms with Gasteiger partial charge in [-0.15, -0.1) is 0 Å². The van der Waals surface area contributed by atoms with Crippen LogP contribution in [0.3, 0.4) is 0 Å². The van der Waals surface area contributed by atoms with Gasteiger partial charge in [0.2, 0.25) is 0 Å². The molecule has 1 aliphatic rings. The molecule has 0 saturated carbocycles. The monoisotopic (exact) mass is 306 g/mol. The molecule has 0 radical (unpaired) electrons. The molecular weight excluding hydrogens is 288 g/mol. The van der Waals surface area contributed by atoms with E-state index < -0.39 is 30.1 Å². The number of nitrogens with one attached hydrogen (secondary N) is 1. The van der Waals surface area contributed by atoms with Gasteiger partial charge >= 0.3 is 18.0 Å². The highest BCUT2D eigenvalue weighted by molar-refractivity contribution is 5.95. The van der Waals surface area contributed by atoms with E-state index in [1.54, 1.807) is 0 Å². The molecule has 3 N–H and O–H groups in total.